The summed E-state index contributed by atoms with van der Waals surface area (Å²) in [7, 11) is 1.90. The molecule has 25 heavy (non-hydrogen) atoms. The molecular formula is C18H22N4O2S. The maximum atomic E-state index is 12.9. The Morgan fingerprint density at radius 2 is 2.20 bits per heavy atom. The molecule has 0 spiro atoms. The number of piperidine rings is 1. The third-order valence-electron chi connectivity index (χ3n) is 5.20. The largest absolute Gasteiger partial charge is 0.338 e. The molecule has 1 atom stereocenters. The van der Waals surface area contributed by atoms with E-state index in [1.54, 1.807) is 17.5 Å². The summed E-state index contributed by atoms with van der Waals surface area (Å²) in [6.45, 7) is 4.92. The highest BCUT2D eigenvalue weighted by Crippen LogP contribution is 2.32. The van der Waals surface area contributed by atoms with Crippen LogP contribution in [0.25, 0.3) is 21.1 Å². The number of aryl methyl sites for hydroxylation is 2. The highest BCUT2D eigenvalue weighted by atomic mass is 32.1. The van der Waals surface area contributed by atoms with Gasteiger partial charge in [-0.3, -0.25) is 9.59 Å². The number of likely N-dealkylation sites (tertiary alicyclic amines) is 1. The van der Waals surface area contributed by atoms with E-state index in [4.69, 9.17) is 0 Å². The molecular weight excluding hydrogens is 336 g/mol. The van der Waals surface area contributed by atoms with Gasteiger partial charge in [0.2, 0.25) is 5.91 Å². The molecule has 0 aromatic carbocycles. The van der Waals surface area contributed by atoms with Crippen LogP contribution in [0.1, 0.15) is 31.1 Å². The van der Waals surface area contributed by atoms with Crippen LogP contribution in [-0.2, 0) is 18.4 Å². The van der Waals surface area contributed by atoms with E-state index >= 15 is 0 Å². The average Bonchev–Trinajstić information content (AvgIpc) is 3.08. The number of nitrogens with zero attached hydrogens (tertiary/aromatic N) is 4. The lowest BCUT2D eigenvalue weighted by Gasteiger charge is -2.33. The van der Waals surface area contributed by atoms with E-state index in [9.17, 15) is 9.59 Å². The van der Waals surface area contributed by atoms with E-state index in [0.29, 0.717) is 5.52 Å². The standard InChI is InChI=1S/C18H22N4O2S/c1-11-6-4-5-7-21(11)15(23)10-22-18(24)16-13(9-19-22)17-14(20(16)3)8-12(2)25-17/h8-9,11H,4-7,10H2,1-3H3/t11-/m0/s1. The molecule has 1 aliphatic rings. The normalized spacial score (nSPS) is 18.4. The Morgan fingerprint density at radius 1 is 1.40 bits per heavy atom. The molecule has 0 unspecified atom stereocenters. The topological polar surface area (TPSA) is 60.1 Å². The number of hydrogen-bond donors (Lipinski definition) is 0. The van der Waals surface area contributed by atoms with Crippen LogP contribution in [0.4, 0.5) is 0 Å². The number of fused-ring (bicyclic) bond motifs is 3. The molecule has 1 fully saturated rings. The molecule has 0 bridgehead atoms. The maximum absolute atomic E-state index is 12.9. The van der Waals surface area contributed by atoms with Gasteiger partial charge in [-0.05, 0) is 39.2 Å². The monoisotopic (exact) mass is 358 g/mol. The molecule has 3 aromatic rings. The van der Waals surface area contributed by atoms with E-state index in [2.05, 4.69) is 25.0 Å². The smallest absolute Gasteiger partial charge is 0.291 e. The zero-order valence-electron chi connectivity index (χ0n) is 14.8. The lowest BCUT2D eigenvalue weighted by molar-refractivity contribution is -0.135. The SMILES string of the molecule is Cc1cc2c(s1)c1cnn(CC(=O)N3CCCC[C@@H]3C)c(=O)c1n2C. The zero-order chi connectivity index (χ0) is 17.7. The molecule has 3 aromatic heterocycles. The number of hydrogen-bond acceptors (Lipinski definition) is 4. The van der Waals surface area contributed by atoms with Gasteiger partial charge in [-0.15, -0.1) is 11.3 Å². The molecule has 0 N–H and O–H groups in total. The molecule has 6 nitrogen and oxygen atoms in total. The van der Waals surface area contributed by atoms with E-state index in [1.165, 1.54) is 9.56 Å². The van der Waals surface area contributed by atoms with Gasteiger partial charge in [0.1, 0.15) is 12.1 Å². The van der Waals surface area contributed by atoms with Crippen LogP contribution in [0, 0.1) is 6.92 Å². The molecule has 132 valence electrons. The first-order valence-electron chi connectivity index (χ1n) is 8.71. The lowest BCUT2D eigenvalue weighted by atomic mass is 10.0. The fourth-order valence-corrected chi connectivity index (χ4v) is 4.88. The Hall–Kier alpha value is -2.15. The van der Waals surface area contributed by atoms with Crippen molar-refractivity contribution in [3.8, 4) is 0 Å². The van der Waals surface area contributed by atoms with E-state index in [1.807, 2.05) is 16.5 Å². The van der Waals surface area contributed by atoms with Crippen LogP contribution in [0.5, 0.6) is 0 Å². The van der Waals surface area contributed by atoms with Gasteiger partial charge in [-0.2, -0.15) is 5.10 Å². The molecule has 4 rings (SSSR count). The van der Waals surface area contributed by atoms with Crippen LogP contribution in [0.3, 0.4) is 0 Å². The molecule has 0 saturated carbocycles. The summed E-state index contributed by atoms with van der Waals surface area (Å²) in [5, 5.41) is 5.16. The lowest BCUT2D eigenvalue weighted by Crippen LogP contribution is -2.45. The van der Waals surface area contributed by atoms with Crippen LogP contribution in [-0.4, -0.2) is 37.7 Å². The highest BCUT2D eigenvalue weighted by molar-refractivity contribution is 7.20. The van der Waals surface area contributed by atoms with Crippen molar-refractivity contribution in [3.63, 3.8) is 0 Å². The summed E-state index contributed by atoms with van der Waals surface area (Å²) in [4.78, 5) is 28.6. The van der Waals surface area contributed by atoms with Crippen molar-refractivity contribution >= 4 is 38.4 Å². The van der Waals surface area contributed by atoms with Gasteiger partial charge >= 0.3 is 0 Å². The number of aromatic nitrogens is 3. The van der Waals surface area contributed by atoms with E-state index in [-0.39, 0.29) is 24.1 Å². The quantitative estimate of drug-likeness (QED) is 0.708. The highest BCUT2D eigenvalue weighted by Gasteiger charge is 2.24. The fourth-order valence-electron chi connectivity index (χ4n) is 3.83. The Balaban J connectivity index is 1.73. The first-order chi connectivity index (χ1) is 12.0. The van der Waals surface area contributed by atoms with Crippen LogP contribution in [0.2, 0.25) is 0 Å². The Morgan fingerprint density at radius 3 is 2.96 bits per heavy atom. The van der Waals surface area contributed by atoms with Crippen LogP contribution in [0.15, 0.2) is 17.1 Å². The van der Waals surface area contributed by atoms with Gasteiger partial charge in [0.25, 0.3) is 5.56 Å². The second-order valence-electron chi connectivity index (χ2n) is 6.93. The number of carbonyl (C=O) groups is 1. The third kappa shape index (κ3) is 2.57. The molecule has 1 amide bonds. The summed E-state index contributed by atoms with van der Waals surface area (Å²) < 4.78 is 4.31. The van der Waals surface area contributed by atoms with Gasteiger partial charge in [0.05, 0.1) is 16.4 Å². The Labute approximate surface area is 149 Å². The molecule has 7 heteroatoms. The second kappa shape index (κ2) is 5.98. The van der Waals surface area contributed by atoms with Gasteiger partial charge < -0.3 is 9.47 Å². The third-order valence-corrected chi connectivity index (χ3v) is 6.28. The first kappa shape index (κ1) is 16.3. The van der Waals surface area contributed by atoms with Crippen molar-refractivity contribution in [2.75, 3.05) is 6.54 Å². The van der Waals surface area contributed by atoms with E-state index < -0.39 is 0 Å². The minimum absolute atomic E-state index is 0.0109. The second-order valence-corrected chi connectivity index (χ2v) is 8.19. The Bertz CT molecular complexity index is 1030. The maximum Gasteiger partial charge on any atom is 0.291 e. The average molecular weight is 358 g/mol. The van der Waals surface area contributed by atoms with Gasteiger partial charge in [0, 0.05) is 29.9 Å². The van der Waals surface area contributed by atoms with Crippen molar-refractivity contribution in [3.05, 3.63) is 27.5 Å². The van der Waals surface area contributed by atoms with Gasteiger partial charge in [-0.25, -0.2) is 4.68 Å². The summed E-state index contributed by atoms with van der Waals surface area (Å²) in [5.74, 6) is -0.0204. The van der Waals surface area contributed by atoms with Crippen molar-refractivity contribution in [1.29, 1.82) is 0 Å². The minimum atomic E-state index is -0.195. The number of carbonyl (C=O) groups excluding carboxylic acids is 1. The summed E-state index contributed by atoms with van der Waals surface area (Å²) in [5.41, 5.74) is 1.47. The summed E-state index contributed by atoms with van der Waals surface area (Å²) >= 11 is 1.67. The number of amides is 1. The van der Waals surface area contributed by atoms with Crippen LogP contribution >= 0.6 is 11.3 Å². The number of thiophene rings is 1. The van der Waals surface area contributed by atoms with Crippen molar-refractivity contribution in [1.82, 2.24) is 19.2 Å². The van der Waals surface area contributed by atoms with Crippen LogP contribution < -0.4 is 5.56 Å². The molecule has 1 aliphatic heterocycles. The molecule has 0 aliphatic carbocycles. The van der Waals surface area contributed by atoms with Crippen molar-refractivity contribution in [2.24, 2.45) is 7.05 Å². The minimum Gasteiger partial charge on any atom is -0.338 e. The predicted molar refractivity (Wildman–Crippen MR) is 100 cm³/mol. The fraction of sp³-hybridized carbons (Fsp3) is 0.500. The van der Waals surface area contributed by atoms with Crippen molar-refractivity contribution < 1.29 is 4.79 Å². The predicted octanol–water partition coefficient (Wildman–Crippen LogP) is 2.66. The van der Waals surface area contributed by atoms with Gasteiger partial charge in [-0.1, -0.05) is 0 Å². The Kier molecular flexibility index (Phi) is 3.91. The molecule has 0 radical (unpaired) electrons. The number of rotatable bonds is 2. The first-order valence-corrected chi connectivity index (χ1v) is 9.53. The summed E-state index contributed by atoms with van der Waals surface area (Å²) in [6, 6.07) is 2.33. The van der Waals surface area contributed by atoms with Gasteiger partial charge in [0.15, 0.2) is 0 Å². The zero-order valence-corrected chi connectivity index (χ0v) is 15.6. The van der Waals surface area contributed by atoms with Crippen molar-refractivity contribution in [2.45, 2.75) is 45.7 Å². The molecule has 4 heterocycles. The van der Waals surface area contributed by atoms with E-state index in [0.717, 1.165) is 41.4 Å². The summed E-state index contributed by atoms with van der Waals surface area (Å²) in [6.07, 6.45) is 4.95. The molecule has 1 saturated heterocycles.